The number of likely N-dealkylation sites (tertiary alicyclic amines) is 1. The van der Waals surface area contributed by atoms with Crippen LogP contribution in [-0.4, -0.2) is 38.6 Å². The monoisotopic (exact) mass is 309 g/mol. The topological polar surface area (TPSA) is 57.8 Å². The van der Waals surface area contributed by atoms with Gasteiger partial charge < -0.3 is 5.11 Å². The van der Waals surface area contributed by atoms with Gasteiger partial charge in [0.1, 0.15) is 5.65 Å². The Bertz CT molecular complexity index is 649. The lowest BCUT2D eigenvalue weighted by Crippen LogP contribution is -2.50. The molecule has 0 atom stereocenters. The molecule has 0 saturated carbocycles. The fourth-order valence-electron chi connectivity index (χ4n) is 2.11. The molecule has 0 aliphatic carbocycles. The summed E-state index contributed by atoms with van der Waals surface area (Å²) in [5.41, 5.74) is 1.30. The standard InChI is InChI=1S/C12H12BrN3O2/c13-8-1-2-11-14-9(3-12(18)16(11)4-8)5-15-6-10(17)7-15/h1-4,10,17H,5-7H2. The summed E-state index contributed by atoms with van der Waals surface area (Å²) in [4.78, 5) is 18.4. The lowest BCUT2D eigenvalue weighted by atomic mass is 10.1. The van der Waals surface area contributed by atoms with Crippen LogP contribution in [0.25, 0.3) is 5.65 Å². The van der Waals surface area contributed by atoms with E-state index in [2.05, 4.69) is 25.8 Å². The predicted octanol–water partition coefficient (Wildman–Crippen LogP) is 0.633. The maximum atomic E-state index is 11.9. The molecule has 1 fully saturated rings. The molecule has 1 saturated heterocycles. The van der Waals surface area contributed by atoms with E-state index >= 15 is 0 Å². The lowest BCUT2D eigenvalue weighted by Gasteiger charge is -2.35. The normalized spacial score (nSPS) is 17.0. The molecule has 0 spiro atoms. The fourth-order valence-corrected chi connectivity index (χ4v) is 2.44. The minimum atomic E-state index is -0.234. The largest absolute Gasteiger partial charge is 0.390 e. The number of aromatic nitrogens is 2. The first kappa shape index (κ1) is 11.8. The van der Waals surface area contributed by atoms with E-state index in [1.54, 1.807) is 18.3 Å². The van der Waals surface area contributed by atoms with Gasteiger partial charge in [0, 0.05) is 36.4 Å². The highest BCUT2D eigenvalue weighted by Crippen LogP contribution is 2.13. The summed E-state index contributed by atoms with van der Waals surface area (Å²) >= 11 is 3.33. The van der Waals surface area contributed by atoms with Crippen molar-refractivity contribution in [3.8, 4) is 0 Å². The summed E-state index contributed by atoms with van der Waals surface area (Å²) in [7, 11) is 0. The van der Waals surface area contributed by atoms with E-state index in [-0.39, 0.29) is 11.7 Å². The molecule has 0 radical (unpaired) electrons. The molecule has 0 unspecified atom stereocenters. The number of rotatable bonds is 2. The zero-order valence-corrected chi connectivity index (χ0v) is 11.2. The van der Waals surface area contributed by atoms with E-state index in [1.165, 1.54) is 4.40 Å². The molecule has 3 heterocycles. The van der Waals surface area contributed by atoms with Crippen molar-refractivity contribution < 1.29 is 5.11 Å². The van der Waals surface area contributed by atoms with Crippen LogP contribution >= 0.6 is 15.9 Å². The van der Waals surface area contributed by atoms with Gasteiger partial charge in [-0.3, -0.25) is 14.1 Å². The van der Waals surface area contributed by atoms with E-state index in [0.717, 1.165) is 10.2 Å². The Kier molecular flexibility index (Phi) is 2.93. The summed E-state index contributed by atoms with van der Waals surface area (Å²) in [6.07, 6.45) is 1.48. The van der Waals surface area contributed by atoms with Crippen LogP contribution in [0, 0.1) is 0 Å². The number of halogens is 1. The van der Waals surface area contributed by atoms with Crippen molar-refractivity contribution in [1.29, 1.82) is 0 Å². The van der Waals surface area contributed by atoms with Gasteiger partial charge in [0.15, 0.2) is 0 Å². The Morgan fingerprint density at radius 1 is 1.44 bits per heavy atom. The van der Waals surface area contributed by atoms with Crippen LogP contribution < -0.4 is 5.56 Å². The Morgan fingerprint density at radius 3 is 2.94 bits per heavy atom. The van der Waals surface area contributed by atoms with Crippen LogP contribution in [0.4, 0.5) is 0 Å². The molecule has 1 N–H and O–H groups in total. The van der Waals surface area contributed by atoms with Gasteiger partial charge in [-0.2, -0.15) is 0 Å². The van der Waals surface area contributed by atoms with Crippen LogP contribution in [0.15, 0.2) is 33.7 Å². The molecule has 2 aromatic rings. The number of nitrogens with zero attached hydrogens (tertiary/aromatic N) is 3. The van der Waals surface area contributed by atoms with Gasteiger partial charge in [0.05, 0.1) is 11.8 Å². The number of aliphatic hydroxyl groups excluding tert-OH is 1. The Labute approximate surface area is 112 Å². The smallest absolute Gasteiger partial charge is 0.258 e. The van der Waals surface area contributed by atoms with E-state index in [4.69, 9.17) is 0 Å². The molecule has 18 heavy (non-hydrogen) atoms. The van der Waals surface area contributed by atoms with E-state index in [0.29, 0.717) is 25.3 Å². The summed E-state index contributed by atoms with van der Waals surface area (Å²) in [5.74, 6) is 0. The van der Waals surface area contributed by atoms with Crippen LogP contribution in [0.2, 0.25) is 0 Å². The number of hydrogen-bond donors (Lipinski definition) is 1. The van der Waals surface area contributed by atoms with Crippen LogP contribution in [0.1, 0.15) is 5.69 Å². The molecule has 94 valence electrons. The number of hydrogen-bond acceptors (Lipinski definition) is 4. The molecule has 0 aromatic carbocycles. The first-order valence-electron chi connectivity index (χ1n) is 5.70. The fraction of sp³-hybridized carbons (Fsp3) is 0.333. The SMILES string of the molecule is O=c1cc(CN2CC(O)C2)nc2ccc(Br)cn12. The Balaban J connectivity index is 1.95. The zero-order chi connectivity index (χ0) is 12.7. The first-order valence-corrected chi connectivity index (χ1v) is 6.49. The molecular weight excluding hydrogens is 298 g/mol. The van der Waals surface area contributed by atoms with Gasteiger partial charge in [-0.05, 0) is 28.1 Å². The highest BCUT2D eigenvalue weighted by atomic mass is 79.9. The molecular formula is C12H12BrN3O2. The zero-order valence-electron chi connectivity index (χ0n) is 9.58. The minimum Gasteiger partial charge on any atom is -0.390 e. The van der Waals surface area contributed by atoms with Gasteiger partial charge >= 0.3 is 0 Å². The summed E-state index contributed by atoms with van der Waals surface area (Å²) in [6.45, 7) is 1.92. The van der Waals surface area contributed by atoms with Crippen molar-refractivity contribution >= 4 is 21.6 Å². The second kappa shape index (κ2) is 4.46. The number of pyridine rings is 1. The van der Waals surface area contributed by atoms with E-state index in [9.17, 15) is 9.90 Å². The second-order valence-corrected chi connectivity index (χ2v) is 5.42. The van der Waals surface area contributed by atoms with Gasteiger partial charge in [0.25, 0.3) is 5.56 Å². The average Bonchev–Trinajstić information content (AvgIpc) is 2.28. The predicted molar refractivity (Wildman–Crippen MR) is 70.4 cm³/mol. The van der Waals surface area contributed by atoms with E-state index in [1.807, 2.05) is 6.07 Å². The second-order valence-electron chi connectivity index (χ2n) is 4.51. The molecule has 2 aromatic heterocycles. The third kappa shape index (κ3) is 2.19. The van der Waals surface area contributed by atoms with Crippen LogP contribution in [0.5, 0.6) is 0 Å². The van der Waals surface area contributed by atoms with Crippen LogP contribution in [0.3, 0.4) is 0 Å². The molecule has 5 nitrogen and oxygen atoms in total. The van der Waals surface area contributed by atoms with Crippen molar-refractivity contribution in [3.63, 3.8) is 0 Å². The van der Waals surface area contributed by atoms with Crippen molar-refractivity contribution in [2.75, 3.05) is 13.1 Å². The number of aliphatic hydroxyl groups is 1. The van der Waals surface area contributed by atoms with Gasteiger partial charge in [0.2, 0.25) is 0 Å². The summed E-state index contributed by atoms with van der Waals surface area (Å²) in [6, 6.07) is 5.21. The molecule has 1 aliphatic rings. The van der Waals surface area contributed by atoms with E-state index < -0.39 is 0 Å². The summed E-state index contributed by atoms with van der Waals surface area (Å²) < 4.78 is 2.36. The molecule has 3 rings (SSSR count). The van der Waals surface area contributed by atoms with Crippen molar-refractivity contribution in [2.45, 2.75) is 12.6 Å². The minimum absolute atomic E-state index is 0.0858. The number of β-amino-alcohol motifs (C(OH)–C–C–N with tert-alkyl or cyclic N) is 1. The molecule has 1 aliphatic heterocycles. The molecule has 0 bridgehead atoms. The quantitative estimate of drug-likeness (QED) is 0.884. The highest BCUT2D eigenvalue weighted by molar-refractivity contribution is 9.10. The van der Waals surface area contributed by atoms with Crippen molar-refractivity contribution in [2.24, 2.45) is 0 Å². The van der Waals surface area contributed by atoms with Crippen LogP contribution in [-0.2, 0) is 6.54 Å². The third-order valence-electron chi connectivity index (χ3n) is 3.00. The first-order chi connectivity index (χ1) is 8.61. The van der Waals surface area contributed by atoms with Gasteiger partial charge in [-0.15, -0.1) is 0 Å². The Hall–Kier alpha value is -1.24. The lowest BCUT2D eigenvalue weighted by molar-refractivity contribution is -0.00352. The number of fused-ring (bicyclic) bond motifs is 1. The Morgan fingerprint density at radius 2 is 2.22 bits per heavy atom. The van der Waals surface area contributed by atoms with Crippen molar-refractivity contribution in [1.82, 2.24) is 14.3 Å². The molecule has 0 amide bonds. The highest BCUT2D eigenvalue weighted by Gasteiger charge is 2.24. The van der Waals surface area contributed by atoms with Gasteiger partial charge in [-0.1, -0.05) is 0 Å². The maximum absolute atomic E-state index is 11.9. The maximum Gasteiger partial charge on any atom is 0.258 e. The average molecular weight is 310 g/mol. The summed E-state index contributed by atoms with van der Waals surface area (Å²) in [5, 5.41) is 9.22. The molecule has 6 heteroatoms. The third-order valence-corrected chi connectivity index (χ3v) is 3.47. The van der Waals surface area contributed by atoms with Crippen molar-refractivity contribution in [3.05, 3.63) is 44.9 Å². The van der Waals surface area contributed by atoms with Gasteiger partial charge in [-0.25, -0.2) is 4.98 Å².